The van der Waals surface area contributed by atoms with Gasteiger partial charge in [-0.05, 0) is 24.3 Å². The minimum Gasteiger partial charge on any atom is -0.335 e. The molecule has 3 rings (SSSR count). The predicted molar refractivity (Wildman–Crippen MR) is 93.3 cm³/mol. The van der Waals surface area contributed by atoms with Gasteiger partial charge in [-0.2, -0.15) is 13.2 Å². The number of carbonyl (C=O) groups excluding carboxylic acids is 2. The summed E-state index contributed by atoms with van der Waals surface area (Å²) < 4.78 is 37.8. The molecular formula is C17H17F3N4O2S. The first-order valence-electron chi connectivity index (χ1n) is 8.20. The predicted octanol–water partition coefficient (Wildman–Crippen LogP) is 2.22. The zero-order valence-corrected chi connectivity index (χ0v) is 15.0. The molecule has 144 valence electrons. The molecule has 1 aromatic heterocycles. The first kappa shape index (κ1) is 19.3. The lowest BCUT2D eigenvalue weighted by Crippen LogP contribution is -2.50. The highest BCUT2D eigenvalue weighted by molar-refractivity contribution is 7.09. The van der Waals surface area contributed by atoms with Gasteiger partial charge in [-0.15, -0.1) is 11.3 Å². The summed E-state index contributed by atoms with van der Waals surface area (Å²) in [6.45, 7) is 1.55. The maximum Gasteiger partial charge on any atom is 0.416 e. The number of hydrogen-bond acceptors (Lipinski definition) is 5. The molecule has 27 heavy (non-hydrogen) atoms. The zero-order chi connectivity index (χ0) is 19.6. The molecule has 0 unspecified atom stereocenters. The third kappa shape index (κ3) is 4.28. The molecule has 2 amide bonds. The first-order chi connectivity index (χ1) is 12.8. The number of amides is 2. The first-order valence-corrected chi connectivity index (χ1v) is 9.08. The second kappa shape index (κ2) is 7.65. The van der Waals surface area contributed by atoms with Gasteiger partial charge < -0.3 is 15.5 Å². The number of hydrogen-bond donors (Lipinski definition) is 1. The summed E-state index contributed by atoms with van der Waals surface area (Å²) in [5.74, 6) is -0.567. The van der Waals surface area contributed by atoms with E-state index in [0.717, 1.165) is 12.1 Å². The Morgan fingerprint density at radius 3 is 2.07 bits per heavy atom. The molecule has 10 heteroatoms. The molecule has 2 aromatic rings. The molecular weight excluding hydrogens is 381 g/mol. The summed E-state index contributed by atoms with van der Waals surface area (Å²) in [4.78, 5) is 32.2. The van der Waals surface area contributed by atoms with Crippen LogP contribution in [0.4, 0.5) is 13.2 Å². The summed E-state index contributed by atoms with van der Waals surface area (Å²) in [6, 6.07) is 4.13. The van der Waals surface area contributed by atoms with Crippen molar-refractivity contribution < 1.29 is 22.8 Å². The van der Waals surface area contributed by atoms with Crippen molar-refractivity contribution in [3.05, 3.63) is 51.5 Å². The number of aromatic nitrogens is 1. The van der Waals surface area contributed by atoms with Crippen molar-refractivity contribution in [2.24, 2.45) is 5.73 Å². The van der Waals surface area contributed by atoms with E-state index >= 15 is 0 Å². The number of rotatable bonds is 3. The van der Waals surface area contributed by atoms with Gasteiger partial charge in [0.15, 0.2) is 0 Å². The molecule has 2 N–H and O–H groups in total. The number of alkyl halides is 3. The number of nitrogens with two attached hydrogens (primary N) is 1. The van der Waals surface area contributed by atoms with Crippen LogP contribution in [0.3, 0.4) is 0 Å². The highest BCUT2D eigenvalue weighted by Gasteiger charge is 2.31. The molecule has 1 aliphatic rings. The monoisotopic (exact) mass is 398 g/mol. The fraction of sp³-hybridized carbons (Fsp3) is 0.353. The Balaban J connectivity index is 1.60. The number of halogens is 3. The summed E-state index contributed by atoms with van der Waals surface area (Å²) in [5, 5.41) is 2.33. The molecule has 0 radical (unpaired) electrons. The summed E-state index contributed by atoms with van der Waals surface area (Å²) in [5.41, 5.74) is 5.23. The number of thiazole rings is 1. The molecule has 1 aromatic carbocycles. The third-order valence-electron chi connectivity index (χ3n) is 4.26. The van der Waals surface area contributed by atoms with Gasteiger partial charge in [0.05, 0.1) is 5.56 Å². The van der Waals surface area contributed by atoms with Crippen molar-refractivity contribution >= 4 is 23.2 Å². The van der Waals surface area contributed by atoms with Gasteiger partial charge in [0.2, 0.25) is 0 Å². The Morgan fingerprint density at radius 2 is 1.59 bits per heavy atom. The summed E-state index contributed by atoms with van der Waals surface area (Å²) >= 11 is 1.32. The van der Waals surface area contributed by atoms with E-state index in [4.69, 9.17) is 5.73 Å². The molecule has 6 nitrogen and oxygen atoms in total. The quantitative estimate of drug-likeness (QED) is 0.860. The molecule has 0 aliphatic carbocycles. The fourth-order valence-electron chi connectivity index (χ4n) is 2.76. The lowest BCUT2D eigenvalue weighted by atomic mass is 10.1. The van der Waals surface area contributed by atoms with Crippen molar-refractivity contribution in [1.82, 2.24) is 14.8 Å². The van der Waals surface area contributed by atoms with Crippen molar-refractivity contribution in [1.29, 1.82) is 0 Å². The van der Waals surface area contributed by atoms with Crippen LogP contribution in [0.2, 0.25) is 0 Å². The molecule has 0 atom stereocenters. The third-order valence-corrected chi connectivity index (χ3v) is 5.13. The Bertz CT molecular complexity index is 827. The largest absolute Gasteiger partial charge is 0.416 e. The van der Waals surface area contributed by atoms with E-state index in [-0.39, 0.29) is 23.9 Å². The van der Waals surface area contributed by atoms with Crippen molar-refractivity contribution in [2.75, 3.05) is 26.2 Å². The molecule has 1 aliphatic heterocycles. The van der Waals surface area contributed by atoms with Crippen molar-refractivity contribution in [2.45, 2.75) is 12.7 Å². The van der Waals surface area contributed by atoms with Crippen LogP contribution in [-0.4, -0.2) is 52.8 Å². The second-order valence-corrected chi connectivity index (χ2v) is 6.93. The molecule has 1 fully saturated rings. The van der Waals surface area contributed by atoms with Crippen LogP contribution >= 0.6 is 11.3 Å². The van der Waals surface area contributed by atoms with Crippen molar-refractivity contribution in [3.63, 3.8) is 0 Å². The van der Waals surface area contributed by atoms with E-state index in [2.05, 4.69) is 4.98 Å². The Labute approximate surface area is 157 Å². The number of nitrogens with zero attached hydrogens (tertiary/aromatic N) is 3. The van der Waals surface area contributed by atoms with Gasteiger partial charge in [-0.25, -0.2) is 4.98 Å². The molecule has 2 heterocycles. The Hall–Kier alpha value is -2.46. The molecule has 1 saturated heterocycles. The second-order valence-electron chi connectivity index (χ2n) is 5.99. The average Bonchev–Trinajstić information content (AvgIpc) is 3.15. The highest BCUT2D eigenvalue weighted by Crippen LogP contribution is 2.29. The highest BCUT2D eigenvalue weighted by atomic mass is 32.1. The van der Waals surface area contributed by atoms with Gasteiger partial charge in [-0.3, -0.25) is 9.59 Å². The average molecular weight is 398 g/mol. The van der Waals surface area contributed by atoms with Crippen LogP contribution in [0.15, 0.2) is 29.6 Å². The van der Waals surface area contributed by atoms with Crippen LogP contribution in [0, 0.1) is 0 Å². The lowest BCUT2D eigenvalue weighted by molar-refractivity contribution is -0.137. The van der Waals surface area contributed by atoms with Gasteiger partial charge in [-0.1, -0.05) is 0 Å². The number of carbonyl (C=O) groups is 2. The minimum atomic E-state index is -4.44. The standard InChI is InChI=1S/C17H17F3N4O2S/c18-17(19,20)12-3-1-11(2-4-12)15(25)23-5-7-24(8-6-23)16(26)13-10-27-14(9-21)22-13/h1-4,10H,5-9,21H2. The van der Waals surface area contributed by atoms with E-state index in [9.17, 15) is 22.8 Å². The van der Waals surface area contributed by atoms with Gasteiger partial charge in [0.1, 0.15) is 10.7 Å². The fourth-order valence-corrected chi connectivity index (χ4v) is 3.41. The normalized spacial score (nSPS) is 15.1. The molecule has 0 bridgehead atoms. The van der Waals surface area contributed by atoms with E-state index in [0.29, 0.717) is 36.9 Å². The molecule has 0 saturated carbocycles. The summed E-state index contributed by atoms with van der Waals surface area (Å²) in [7, 11) is 0. The maximum absolute atomic E-state index is 12.6. The minimum absolute atomic E-state index is 0.190. The van der Waals surface area contributed by atoms with E-state index < -0.39 is 11.7 Å². The number of benzene rings is 1. The topological polar surface area (TPSA) is 79.5 Å². The van der Waals surface area contributed by atoms with E-state index in [1.165, 1.54) is 28.4 Å². The van der Waals surface area contributed by atoms with Crippen LogP contribution in [0.25, 0.3) is 0 Å². The Kier molecular flexibility index (Phi) is 5.47. The SMILES string of the molecule is NCc1nc(C(=O)N2CCN(C(=O)c3ccc(C(F)(F)F)cc3)CC2)cs1. The van der Waals surface area contributed by atoms with E-state index in [1.807, 2.05) is 0 Å². The Morgan fingerprint density at radius 1 is 1.04 bits per heavy atom. The van der Waals surface area contributed by atoms with Crippen LogP contribution in [0.1, 0.15) is 31.4 Å². The van der Waals surface area contributed by atoms with Crippen LogP contribution < -0.4 is 5.73 Å². The lowest BCUT2D eigenvalue weighted by Gasteiger charge is -2.34. The maximum atomic E-state index is 12.6. The molecule has 0 spiro atoms. The zero-order valence-electron chi connectivity index (χ0n) is 14.2. The van der Waals surface area contributed by atoms with E-state index in [1.54, 1.807) is 10.3 Å². The van der Waals surface area contributed by atoms with Crippen LogP contribution in [-0.2, 0) is 12.7 Å². The number of piperazine rings is 1. The van der Waals surface area contributed by atoms with Gasteiger partial charge in [0.25, 0.3) is 11.8 Å². The van der Waals surface area contributed by atoms with Crippen LogP contribution in [0.5, 0.6) is 0 Å². The van der Waals surface area contributed by atoms with Crippen molar-refractivity contribution in [3.8, 4) is 0 Å². The summed E-state index contributed by atoms with van der Waals surface area (Å²) in [6.07, 6.45) is -4.44. The van der Waals surface area contributed by atoms with Gasteiger partial charge in [0, 0.05) is 43.7 Å². The van der Waals surface area contributed by atoms with Gasteiger partial charge >= 0.3 is 6.18 Å². The smallest absolute Gasteiger partial charge is 0.335 e.